The molecular formula is C21H43N5O4. The second-order valence-corrected chi connectivity index (χ2v) is 7.12. The highest BCUT2D eigenvalue weighted by atomic mass is 16.2. The second kappa shape index (κ2) is 16.6. The molecule has 1 rings (SSSR count). The highest BCUT2D eigenvalue weighted by Crippen LogP contribution is 2.15. The van der Waals surface area contributed by atoms with E-state index in [1.54, 1.807) is 0 Å². The first-order valence-corrected chi connectivity index (χ1v) is 11.0. The summed E-state index contributed by atoms with van der Waals surface area (Å²) >= 11 is 0. The third-order valence-corrected chi connectivity index (χ3v) is 4.61. The Balaban J connectivity index is 0. The van der Waals surface area contributed by atoms with Crippen molar-refractivity contribution in [1.29, 1.82) is 0 Å². The molecule has 5 N–H and O–H groups in total. The number of rotatable bonds is 10. The van der Waals surface area contributed by atoms with Crippen LogP contribution in [-0.4, -0.2) is 66.8 Å². The Morgan fingerprint density at radius 1 is 1.07 bits per heavy atom. The number of nitrogens with one attached hydrogen (secondary N) is 3. The van der Waals surface area contributed by atoms with Crippen LogP contribution in [0.3, 0.4) is 0 Å². The lowest BCUT2D eigenvalue weighted by Crippen LogP contribution is -2.60. The summed E-state index contributed by atoms with van der Waals surface area (Å²) in [7, 11) is 1.87. The molecule has 1 heterocycles. The zero-order valence-corrected chi connectivity index (χ0v) is 20.0. The Kier molecular flexibility index (Phi) is 16.6. The van der Waals surface area contributed by atoms with E-state index in [9.17, 15) is 19.2 Å². The first-order chi connectivity index (χ1) is 14.1. The van der Waals surface area contributed by atoms with Crippen LogP contribution in [0.5, 0.6) is 0 Å². The van der Waals surface area contributed by atoms with Crippen molar-refractivity contribution in [1.82, 2.24) is 20.9 Å². The van der Waals surface area contributed by atoms with Gasteiger partial charge < -0.3 is 21.7 Å². The molecule has 1 fully saturated rings. The van der Waals surface area contributed by atoms with Crippen molar-refractivity contribution < 1.29 is 19.2 Å². The van der Waals surface area contributed by atoms with Gasteiger partial charge in [0.25, 0.3) is 0 Å². The summed E-state index contributed by atoms with van der Waals surface area (Å²) in [5, 5.41) is 7.96. The number of likely N-dealkylation sites (N-methyl/N-ethyl adjacent to an activating group) is 1. The molecule has 4 amide bonds. The maximum atomic E-state index is 12.6. The lowest BCUT2D eigenvalue weighted by molar-refractivity contribution is -0.136. The number of carbonyl (C=O) groups excluding carboxylic acids is 4. The van der Waals surface area contributed by atoms with Crippen LogP contribution in [-0.2, 0) is 14.4 Å². The summed E-state index contributed by atoms with van der Waals surface area (Å²) in [4.78, 5) is 49.3. The minimum absolute atomic E-state index is 0.117. The smallest absolute Gasteiger partial charge is 0.312 e. The van der Waals surface area contributed by atoms with Gasteiger partial charge in [0.15, 0.2) is 5.78 Å². The number of primary amides is 1. The molecule has 3 atom stereocenters. The molecule has 1 aliphatic heterocycles. The van der Waals surface area contributed by atoms with Crippen molar-refractivity contribution in [3.8, 4) is 0 Å². The van der Waals surface area contributed by atoms with Crippen molar-refractivity contribution in [2.45, 2.75) is 85.9 Å². The van der Waals surface area contributed by atoms with Crippen LogP contribution >= 0.6 is 0 Å². The molecule has 9 heteroatoms. The van der Waals surface area contributed by atoms with Crippen molar-refractivity contribution in [3.05, 3.63) is 0 Å². The number of nitrogens with two attached hydrogens (primary N) is 1. The van der Waals surface area contributed by atoms with Crippen LogP contribution in [0.2, 0.25) is 0 Å². The molecule has 0 radical (unpaired) electrons. The molecule has 0 aromatic rings. The van der Waals surface area contributed by atoms with Crippen molar-refractivity contribution in [3.63, 3.8) is 0 Å². The number of Topliss-reactive ketones (excluding diaryl/α,β-unsaturated/α-hetero) is 1. The van der Waals surface area contributed by atoms with Gasteiger partial charge in [0.1, 0.15) is 6.04 Å². The van der Waals surface area contributed by atoms with E-state index in [4.69, 9.17) is 5.73 Å². The van der Waals surface area contributed by atoms with Gasteiger partial charge in [-0.05, 0) is 39.2 Å². The number of hydrogen-bond donors (Lipinski definition) is 4. The molecule has 0 aliphatic carbocycles. The van der Waals surface area contributed by atoms with Gasteiger partial charge in [0.05, 0.1) is 12.1 Å². The molecule has 9 nitrogen and oxygen atoms in total. The van der Waals surface area contributed by atoms with E-state index < -0.39 is 18.1 Å². The SMILES string of the molecule is CC.CC.CC(=O)[C@H](CCCNC(N)=O)NC(=O)C(NC(=O)C1CCN1C)C(C)C. The molecule has 0 aromatic carbocycles. The number of hydrogen-bond acceptors (Lipinski definition) is 5. The van der Waals surface area contributed by atoms with Crippen LogP contribution < -0.4 is 21.7 Å². The van der Waals surface area contributed by atoms with E-state index in [0.29, 0.717) is 19.4 Å². The monoisotopic (exact) mass is 429 g/mol. The van der Waals surface area contributed by atoms with Crippen molar-refractivity contribution in [2.75, 3.05) is 20.1 Å². The van der Waals surface area contributed by atoms with Gasteiger partial charge in [0.2, 0.25) is 11.8 Å². The Labute approximate surface area is 181 Å². The summed E-state index contributed by atoms with van der Waals surface area (Å²) < 4.78 is 0. The summed E-state index contributed by atoms with van der Waals surface area (Å²) in [5.74, 6) is -0.838. The molecule has 2 unspecified atom stereocenters. The van der Waals surface area contributed by atoms with E-state index >= 15 is 0 Å². The predicted octanol–water partition coefficient (Wildman–Crippen LogP) is 1.41. The first kappa shape index (κ1) is 30.0. The van der Waals surface area contributed by atoms with Crippen LogP contribution in [0.1, 0.15) is 67.7 Å². The van der Waals surface area contributed by atoms with Gasteiger partial charge in [-0.3, -0.25) is 19.3 Å². The van der Waals surface area contributed by atoms with Crippen molar-refractivity contribution in [2.24, 2.45) is 11.7 Å². The highest BCUT2D eigenvalue weighted by Gasteiger charge is 2.34. The largest absolute Gasteiger partial charge is 0.352 e. The predicted molar refractivity (Wildman–Crippen MR) is 120 cm³/mol. The topological polar surface area (TPSA) is 134 Å². The highest BCUT2D eigenvalue weighted by molar-refractivity contribution is 5.93. The Bertz CT molecular complexity index is 539. The second-order valence-electron chi connectivity index (χ2n) is 7.12. The Morgan fingerprint density at radius 2 is 1.63 bits per heavy atom. The number of nitrogens with zero attached hydrogens (tertiary/aromatic N) is 1. The van der Waals surface area contributed by atoms with E-state index in [0.717, 1.165) is 13.0 Å². The van der Waals surface area contributed by atoms with Gasteiger partial charge in [-0.25, -0.2) is 4.79 Å². The fourth-order valence-corrected chi connectivity index (χ4v) is 2.79. The van der Waals surface area contributed by atoms with Crippen LogP contribution in [0.4, 0.5) is 4.79 Å². The molecule has 30 heavy (non-hydrogen) atoms. The van der Waals surface area contributed by atoms with E-state index in [1.165, 1.54) is 6.92 Å². The average Bonchev–Trinajstić information content (AvgIpc) is 2.69. The van der Waals surface area contributed by atoms with Gasteiger partial charge >= 0.3 is 6.03 Å². The fourth-order valence-electron chi connectivity index (χ4n) is 2.79. The maximum absolute atomic E-state index is 12.6. The third-order valence-electron chi connectivity index (χ3n) is 4.61. The standard InChI is InChI=1S/C17H31N5O4.2C2H6/c1-10(2)14(21-15(24)13-7-9-22(13)4)16(25)20-12(11(3)23)6-5-8-19-17(18)26;2*1-2/h10,12-14H,5-9H2,1-4H3,(H,20,25)(H,21,24)(H3,18,19,26);2*1-2H3/t12-,13?,14?;;/m0../s1. The third kappa shape index (κ3) is 11.1. The molecule has 1 aliphatic rings. The Hall–Kier alpha value is -2.16. The average molecular weight is 430 g/mol. The first-order valence-electron chi connectivity index (χ1n) is 11.0. The summed E-state index contributed by atoms with van der Waals surface area (Å²) in [6.07, 6.45) is 1.65. The normalized spacial score (nSPS) is 17.0. The van der Waals surface area contributed by atoms with E-state index in [1.807, 2.05) is 53.5 Å². The number of likely N-dealkylation sites (tertiary alicyclic amines) is 1. The molecular weight excluding hydrogens is 386 g/mol. The zero-order valence-electron chi connectivity index (χ0n) is 20.0. The van der Waals surface area contributed by atoms with Crippen LogP contribution in [0.15, 0.2) is 0 Å². The van der Waals surface area contributed by atoms with Crippen LogP contribution in [0, 0.1) is 5.92 Å². The summed E-state index contributed by atoms with van der Waals surface area (Å²) in [6, 6.07) is -2.20. The molecule has 176 valence electrons. The maximum Gasteiger partial charge on any atom is 0.312 e. The summed E-state index contributed by atoms with van der Waals surface area (Å²) in [5.41, 5.74) is 4.99. The quantitative estimate of drug-likeness (QED) is 0.390. The van der Waals surface area contributed by atoms with Gasteiger partial charge in [-0.15, -0.1) is 0 Å². The van der Waals surface area contributed by atoms with Gasteiger partial charge in [-0.1, -0.05) is 41.5 Å². The lowest BCUT2D eigenvalue weighted by Gasteiger charge is -2.37. The van der Waals surface area contributed by atoms with E-state index in [2.05, 4.69) is 16.0 Å². The van der Waals surface area contributed by atoms with Gasteiger partial charge in [0, 0.05) is 13.1 Å². The number of urea groups is 1. The zero-order chi connectivity index (χ0) is 23.9. The minimum atomic E-state index is -0.706. The Morgan fingerprint density at radius 3 is 2.00 bits per heavy atom. The number of ketones is 1. The molecule has 1 saturated heterocycles. The number of amides is 4. The molecule has 0 spiro atoms. The van der Waals surface area contributed by atoms with Crippen molar-refractivity contribution >= 4 is 23.6 Å². The van der Waals surface area contributed by atoms with Gasteiger partial charge in [-0.2, -0.15) is 0 Å². The molecule has 0 aromatic heterocycles. The van der Waals surface area contributed by atoms with E-state index in [-0.39, 0.29) is 29.6 Å². The lowest BCUT2D eigenvalue weighted by atomic mass is 9.99. The molecule has 0 bridgehead atoms. The number of carbonyl (C=O) groups is 4. The minimum Gasteiger partial charge on any atom is -0.352 e. The fraction of sp³-hybridized carbons (Fsp3) is 0.810. The van der Waals surface area contributed by atoms with Crippen LogP contribution in [0.25, 0.3) is 0 Å². The molecule has 0 saturated carbocycles. The summed E-state index contributed by atoms with van der Waals surface area (Å²) in [6.45, 7) is 14.3.